The Kier molecular flexibility index (Phi) is 1.36. The van der Waals surface area contributed by atoms with E-state index in [0.717, 1.165) is 18.7 Å². The predicted molar refractivity (Wildman–Crippen MR) is 39.7 cm³/mol. The van der Waals surface area contributed by atoms with Gasteiger partial charge in [0.2, 0.25) is 0 Å². The van der Waals surface area contributed by atoms with Crippen LogP contribution in [0.25, 0.3) is 0 Å². The van der Waals surface area contributed by atoms with Gasteiger partial charge in [0.25, 0.3) is 0 Å². The summed E-state index contributed by atoms with van der Waals surface area (Å²) in [5.41, 5.74) is 1.16. The number of hydrogen-bond donors (Lipinski definition) is 1. The smallest absolute Gasteiger partial charge is 0.0660 e. The van der Waals surface area contributed by atoms with Crippen molar-refractivity contribution in [1.82, 2.24) is 4.90 Å². The lowest BCUT2D eigenvalue weighted by atomic mass is 10.1. The van der Waals surface area contributed by atoms with Crippen LogP contribution in [0.3, 0.4) is 0 Å². The molecular formula is C8H11NO. The van der Waals surface area contributed by atoms with Crippen molar-refractivity contribution < 1.29 is 5.11 Å². The van der Waals surface area contributed by atoms with Crippen LogP contribution >= 0.6 is 0 Å². The maximum absolute atomic E-state index is 8.88. The van der Waals surface area contributed by atoms with Gasteiger partial charge >= 0.3 is 0 Å². The molecule has 0 spiro atoms. The van der Waals surface area contributed by atoms with Crippen LogP contribution in [0.2, 0.25) is 0 Å². The molecule has 0 unspecified atom stereocenters. The fourth-order valence-electron chi connectivity index (χ4n) is 1.62. The maximum Gasteiger partial charge on any atom is 0.0660 e. The third kappa shape index (κ3) is 0.728. The third-order valence-corrected chi connectivity index (χ3v) is 2.20. The first-order valence-electron chi connectivity index (χ1n) is 3.62. The lowest BCUT2D eigenvalue weighted by Gasteiger charge is -2.15. The summed E-state index contributed by atoms with van der Waals surface area (Å²) < 4.78 is 0. The molecular weight excluding hydrogens is 126 g/mol. The van der Waals surface area contributed by atoms with Crippen LogP contribution in [0.5, 0.6) is 0 Å². The van der Waals surface area contributed by atoms with E-state index in [0.29, 0.717) is 6.04 Å². The molecule has 0 radical (unpaired) electrons. The van der Waals surface area contributed by atoms with Crippen molar-refractivity contribution in [2.45, 2.75) is 6.04 Å². The lowest BCUT2D eigenvalue weighted by Crippen LogP contribution is -2.26. The second kappa shape index (κ2) is 2.22. The van der Waals surface area contributed by atoms with Gasteiger partial charge in [-0.15, -0.1) is 0 Å². The Hall–Kier alpha value is -0.600. The molecule has 2 rings (SSSR count). The van der Waals surface area contributed by atoms with Gasteiger partial charge in [0.05, 0.1) is 12.6 Å². The average Bonchev–Trinajstić information content (AvgIpc) is 2.44. The van der Waals surface area contributed by atoms with Crippen molar-refractivity contribution in [2.24, 2.45) is 0 Å². The minimum Gasteiger partial charge on any atom is -0.392 e. The molecule has 1 N–H and O–H groups in total. The van der Waals surface area contributed by atoms with Crippen LogP contribution in [-0.4, -0.2) is 35.7 Å². The van der Waals surface area contributed by atoms with Crippen molar-refractivity contribution in [3.63, 3.8) is 0 Å². The molecule has 1 atom stereocenters. The number of nitrogens with zero attached hydrogens (tertiary/aromatic N) is 1. The maximum atomic E-state index is 8.88. The van der Waals surface area contributed by atoms with Crippen LogP contribution in [0, 0.1) is 0 Å². The normalized spacial score (nSPS) is 30.9. The Bertz CT molecular complexity index is 195. The van der Waals surface area contributed by atoms with E-state index in [1.807, 2.05) is 0 Å². The number of aliphatic hydroxyl groups excluding tert-OH is 1. The molecule has 0 saturated carbocycles. The van der Waals surface area contributed by atoms with Crippen molar-refractivity contribution in [3.05, 3.63) is 23.8 Å². The van der Waals surface area contributed by atoms with Gasteiger partial charge in [-0.2, -0.15) is 0 Å². The predicted octanol–water partition coefficient (Wildman–Crippen LogP) is 0.159. The van der Waals surface area contributed by atoms with E-state index in [4.69, 9.17) is 5.11 Å². The Balaban J connectivity index is 2.17. The minimum absolute atomic E-state index is 0.214. The van der Waals surface area contributed by atoms with E-state index in [1.54, 1.807) is 0 Å². The summed E-state index contributed by atoms with van der Waals surface area (Å²) >= 11 is 0. The number of rotatable bonds is 1. The summed E-state index contributed by atoms with van der Waals surface area (Å²) in [6, 6.07) is 0.421. The summed E-state index contributed by atoms with van der Waals surface area (Å²) in [6.45, 7) is 2.27. The van der Waals surface area contributed by atoms with Gasteiger partial charge in [0.1, 0.15) is 0 Å². The first kappa shape index (κ1) is 6.13. The Morgan fingerprint density at radius 2 is 2.50 bits per heavy atom. The van der Waals surface area contributed by atoms with Gasteiger partial charge in [0.15, 0.2) is 0 Å². The zero-order chi connectivity index (χ0) is 6.97. The van der Waals surface area contributed by atoms with Crippen molar-refractivity contribution in [3.8, 4) is 0 Å². The molecule has 2 heterocycles. The SMILES string of the molecule is OCC1=CCN2CC=C[C@@H]12. The van der Waals surface area contributed by atoms with Crippen molar-refractivity contribution >= 4 is 0 Å². The minimum atomic E-state index is 0.214. The van der Waals surface area contributed by atoms with Gasteiger partial charge in [-0.1, -0.05) is 18.2 Å². The molecule has 0 saturated heterocycles. The lowest BCUT2D eigenvalue weighted by molar-refractivity contribution is 0.297. The molecule has 2 nitrogen and oxygen atoms in total. The molecule has 0 bridgehead atoms. The number of aliphatic hydroxyl groups is 1. The fraction of sp³-hybridized carbons (Fsp3) is 0.500. The highest BCUT2D eigenvalue weighted by Gasteiger charge is 2.26. The number of hydrogen-bond acceptors (Lipinski definition) is 2. The molecule has 0 aromatic carbocycles. The molecule has 10 heavy (non-hydrogen) atoms. The summed E-state index contributed by atoms with van der Waals surface area (Å²) in [7, 11) is 0. The van der Waals surface area contributed by atoms with E-state index in [2.05, 4.69) is 23.1 Å². The van der Waals surface area contributed by atoms with Gasteiger partial charge in [-0.25, -0.2) is 0 Å². The van der Waals surface area contributed by atoms with E-state index in [1.165, 1.54) is 0 Å². The molecule has 2 heteroatoms. The topological polar surface area (TPSA) is 23.5 Å². The second-order valence-corrected chi connectivity index (χ2v) is 2.76. The van der Waals surface area contributed by atoms with E-state index in [9.17, 15) is 0 Å². The van der Waals surface area contributed by atoms with Crippen LogP contribution in [0.1, 0.15) is 0 Å². The van der Waals surface area contributed by atoms with E-state index < -0.39 is 0 Å². The number of fused-ring (bicyclic) bond motifs is 1. The van der Waals surface area contributed by atoms with Crippen LogP contribution in [0.15, 0.2) is 23.8 Å². The fourth-order valence-corrected chi connectivity index (χ4v) is 1.62. The van der Waals surface area contributed by atoms with Gasteiger partial charge in [0, 0.05) is 13.1 Å². The molecule has 54 valence electrons. The van der Waals surface area contributed by atoms with E-state index in [-0.39, 0.29) is 6.61 Å². The largest absolute Gasteiger partial charge is 0.392 e. The Morgan fingerprint density at radius 3 is 3.30 bits per heavy atom. The molecule has 0 amide bonds. The first-order chi connectivity index (χ1) is 4.92. The summed E-state index contributed by atoms with van der Waals surface area (Å²) in [4.78, 5) is 2.32. The van der Waals surface area contributed by atoms with Gasteiger partial charge in [-0.05, 0) is 5.57 Å². The van der Waals surface area contributed by atoms with Crippen molar-refractivity contribution in [1.29, 1.82) is 0 Å². The van der Waals surface area contributed by atoms with Crippen molar-refractivity contribution in [2.75, 3.05) is 19.7 Å². The summed E-state index contributed by atoms with van der Waals surface area (Å²) in [6.07, 6.45) is 6.44. The highest BCUT2D eigenvalue weighted by molar-refractivity contribution is 5.28. The summed E-state index contributed by atoms with van der Waals surface area (Å²) in [5.74, 6) is 0. The highest BCUT2D eigenvalue weighted by Crippen LogP contribution is 2.22. The van der Waals surface area contributed by atoms with Gasteiger partial charge in [-0.3, -0.25) is 4.90 Å². The second-order valence-electron chi connectivity index (χ2n) is 2.76. The molecule has 2 aliphatic rings. The first-order valence-corrected chi connectivity index (χ1v) is 3.62. The zero-order valence-electron chi connectivity index (χ0n) is 5.83. The van der Waals surface area contributed by atoms with E-state index >= 15 is 0 Å². The molecule has 2 aliphatic heterocycles. The standard InChI is InChI=1S/C8H11NO/c10-6-7-3-5-9-4-1-2-8(7)9/h1-3,8,10H,4-6H2/t8-/m0/s1. The monoisotopic (exact) mass is 137 g/mol. The average molecular weight is 137 g/mol. The van der Waals surface area contributed by atoms with Gasteiger partial charge < -0.3 is 5.11 Å². The summed E-state index contributed by atoms with van der Waals surface area (Å²) in [5, 5.41) is 8.88. The third-order valence-electron chi connectivity index (χ3n) is 2.20. The molecule has 0 aliphatic carbocycles. The highest BCUT2D eigenvalue weighted by atomic mass is 16.3. The molecule has 0 fully saturated rings. The van der Waals surface area contributed by atoms with Crippen LogP contribution < -0.4 is 0 Å². The van der Waals surface area contributed by atoms with Crippen LogP contribution in [0.4, 0.5) is 0 Å². The Morgan fingerprint density at radius 1 is 1.60 bits per heavy atom. The Labute approximate surface area is 60.5 Å². The zero-order valence-corrected chi connectivity index (χ0v) is 5.83. The van der Waals surface area contributed by atoms with Crippen LogP contribution in [-0.2, 0) is 0 Å². The quantitative estimate of drug-likeness (QED) is 0.520. The molecule has 0 aromatic heterocycles. The molecule has 0 aromatic rings.